The molecule has 3 rings (SSSR count). The van der Waals surface area contributed by atoms with Crippen LogP contribution in [0.1, 0.15) is 30.1 Å². The number of benzene rings is 2. The molecule has 126 valence electrons. The minimum Gasteiger partial charge on any atom is -0.466 e. The number of fused-ring (bicyclic) bond motifs is 1. The van der Waals surface area contributed by atoms with Crippen LogP contribution >= 0.6 is 0 Å². The standard InChI is InChI=1S/C21H19NO3/c1-2-25-21(24)13-12-20(23)17-14-19(15-8-4-3-5-9-15)22-18-11-7-6-10-16(17)18/h3-11,14H,2,12-13H2,1H3. The zero-order valence-electron chi connectivity index (χ0n) is 14.1. The third kappa shape index (κ3) is 3.91. The molecule has 0 fully saturated rings. The molecule has 0 aliphatic heterocycles. The van der Waals surface area contributed by atoms with Gasteiger partial charge in [-0.15, -0.1) is 0 Å². The van der Waals surface area contributed by atoms with Crippen LogP contribution in [0.3, 0.4) is 0 Å². The fourth-order valence-corrected chi connectivity index (χ4v) is 2.75. The van der Waals surface area contributed by atoms with Crippen LogP contribution in [0, 0.1) is 0 Å². The quantitative estimate of drug-likeness (QED) is 0.495. The monoisotopic (exact) mass is 333 g/mol. The number of carbonyl (C=O) groups is 2. The van der Waals surface area contributed by atoms with Gasteiger partial charge in [0.15, 0.2) is 5.78 Å². The fourth-order valence-electron chi connectivity index (χ4n) is 2.75. The van der Waals surface area contributed by atoms with Crippen molar-refractivity contribution in [3.05, 3.63) is 66.2 Å². The Hall–Kier alpha value is -3.01. The van der Waals surface area contributed by atoms with Crippen molar-refractivity contribution < 1.29 is 14.3 Å². The zero-order chi connectivity index (χ0) is 17.6. The molecule has 0 saturated carbocycles. The van der Waals surface area contributed by atoms with Gasteiger partial charge in [0.05, 0.1) is 24.2 Å². The van der Waals surface area contributed by atoms with Crippen molar-refractivity contribution in [3.8, 4) is 11.3 Å². The molecular weight excluding hydrogens is 314 g/mol. The molecule has 1 heterocycles. The molecule has 0 N–H and O–H groups in total. The van der Waals surface area contributed by atoms with Crippen LogP contribution in [0.25, 0.3) is 22.2 Å². The van der Waals surface area contributed by atoms with E-state index in [1.54, 1.807) is 6.92 Å². The molecule has 0 aliphatic carbocycles. The Kier molecular flexibility index (Phi) is 5.19. The summed E-state index contributed by atoms with van der Waals surface area (Å²) in [7, 11) is 0. The number of Topliss-reactive ketones (excluding diaryl/α,β-unsaturated/α-hetero) is 1. The summed E-state index contributed by atoms with van der Waals surface area (Å²) in [4.78, 5) is 28.9. The Morgan fingerprint density at radius 1 is 0.960 bits per heavy atom. The Morgan fingerprint density at radius 2 is 1.68 bits per heavy atom. The predicted octanol–water partition coefficient (Wildman–Crippen LogP) is 4.43. The number of pyridine rings is 1. The summed E-state index contributed by atoms with van der Waals surface area (Å²) < 4.78 is 4.91. The first-order chi connectivity index (χ1) is 12.2. The van der Waals surface area contributed by atoms with Crippen molar-refractivity contribution in [2.75, 3.05) is 6.61 Å². The van der Waals surface area contributed by atoms with E-state index < -0.39 is 0 Å². The smallest absolute Gasteiger partial charge is 0.306 e. The van der Waals surface area contributed by atoms with Gasteiger partial charge in [0.25, 0.3) is 0 Å². The molecule has 0 aliphatic rings. The average Bonchev–Trinajstić information content (AvgIpc) is 2.66. The molecule has 4 nitrogen and oxygen atoms in total. The maximum atomic E-state index is 12.7. The van der Waals surface area contributed by atoms with Gasteiger partial charge in [-0.1, -0.05) is 48.5 Å². The molecule has 3 aromatic rings. The minimum absolute atomic E-state index is 0.0798. The summed E-state index contributed by atoms with van der Waals surface area (Å²) in [6.07, 6.45) is 0.213. The third-order valence-corrected chi connectivity index (χ3v) is 3.95. The van der Waals surface area contributed by atoms with E-state index in [1.165, 1.54) is 0 Å². The number of ether oxygens (including phenoxy) is 1. The van der Waals surface area contributed by atoms with Crippen molar-refractivity contribution in [2.24, 2.45) is 0 Å². The number of aromatic nitrogens is 1. The third-order valence-electron chi connectivity index (χ3n) is 3.95. The van der Waals surface area contributed by atoms with E-state index in [1.807, 2.05) is 60.7 Å². The van der Waals surface area contributed by atoms with Crippen LogP contribution in [0.4, 0.5) is 0 Å². The molecule has 4 heteroatoms. The summed E-state index contributed by atoms with van der Waals surface area (Å²) in [5.74, 6) is -0.429. The molecule has 0 spiro atoms. The van der Waals surface area contributed by atoms with Crippen molar-refractivity contribution in [3.63, 3.8) is 0 Å². The topological polar surface area (TPSA) is 56.3 Å². The van der Waals surface area contributed by atoms with E-state index in [9.17, 15) is 9.59 Å². The largest absolute Gasteiger partial charge is 0.466 e. The van der Waals surface area contributed by atoms with Gasteiger partial charge >= 0.3 is 5.97 Å². The number of nitrogens with zero attached hydrogens (tertiary/aromatic N) is 1. The molecule has 0 atom stereocenters. The van der Waals surface area contributed by atoms with Crippen LogP contribution in [0.15, 0.2) is 60.7 Å². The lowest BCUT2D eigenvalue weighted by Crippen LogP contribution is -2.08. The lowest BCUT2D eigenvalue weighted by atomic mass is 9.99. The highest BCUT2D eigenvalue weighted by Gasteiger charge is 2.15. The Balaban J connectivity index is 1.98. The molecular formula is C21H19NO3. The molecule has 0 bridgehead atoms. The number of ketones is 1. The summed E-state index contributed by atoms with van der Waals surface area (Å²) >= 11 is 0. The second-order valence-electron chi connectivity index (χ2n) is 5.67. The van der Waals surface area contributed by atoms with Gasteiger partial charge in [-0.2, -0.15) is 0 Å². The molecule has 2 aromatic carbocycles. The van der Waals surface area contributed by atoms with Gasteiger partial charge in [0.2, 0.25) is 0 Å². The highest BCUT2D eigenvalue weighted by molar-refractivity contribution is 6.08. The van der Waals surface area contributed by atoms with E-state index in [2.05, 4.69) is 4.98 Å². The van der Waals surface area contributed by atoms with Crippen LogP contribution in [-0.4, -0.2) is 23.3 Å². The maximum Gasteiger partial charge on any atom is 0.306 e. The Labute approximate surface area is 146 Å². The molecule has 0 unspecified atom stereocenters. The van der Waals surface area contributed by atoms with Crippen molar-refractivity contribution in [1.29, 1.82) is 0 Å². The van der Waals surface area contributed by atoms with E-state index >= 15 is 0 Å². The number of hydrogen-bond acceptors (Lipinski definition) is 4. The summed E-state index contributed by atoms with van der Waals surface area (Å²) in [6.45, 7) is 2.07. The summed E-state index contributed by atoms with van der Waals surface area (Å²) in [6, 6.07) is 19.1. The van der Waals surface area contributed by atoms with E-state index in [0.29, 0.717) is 12.2 Å². The van der Waals surface area contributed by atoms with E-state index in [0.717, 1.165) is 22.2 Å². The number of para-hydroxylation sites is 1. The van der Waals surface area contributed by atoms with Crippen molar-refractivity contribution in [1.82, 2.24) is 4.98 Å². The maximum absolute atomic E-state index is 12.7. The minimum atomic E-state index is -0.350. The molecule has 25 heavy (non-hydrogen) atoms. The van der Waals surface area contributed by atoms with Crippen molar-refractivity contribution in [2.45, 2.75) is 19.8 Å². The fraction of sp³-hybridized carbons (Fsp3) is 0.190. The number of hydrogen-bond donors (Lipinski definition) is 0. The van der Waals surface area contributed by atoms with Crippen molar-refractivity contribution >= 4 is 22.7 Å². The summed E-state index contributed by atoms with van der Waals surface area (Å²) in [5.41, 5.74) is 3.06. The molecule has 1 aromatic heterocycles. The van der Waals surface area contributed by atoms with Gasteiger partial charge in [-0.05, 0) is 19.1 Å². The van der Waals surface area contributed by atoms with Crippen LogP contribution in [-0.2, 0) is 9.53 Å². The second kappa shape index (κ2) is 7.71. The van der Waals surface area contributed by atoms with E-state index in [4.69, 9.17) is 4.74 Å². The van der Waals surface area contributed by atoms with Crippen LogP contribution < -0.4 is 0 Å². The number of rotatable bonds is 6. The van der Waals surface area contributed by atoms with Gasteiger partial charge < -0.3 is 4.74 Å². The van der Waals surface area contributed by atoms with Gasteiger partial charge in [-0.25, -0.2) is 4.98 Å². The molecule has 0 saturated heterocycles. The van der Waals surface area contributed by atoms with Crippen LogP contribution in [0.5, 0.6) is 0 Å². The van der Waals surface area contributed by atoms with Gasteiger partial charge in [0.1, 0.15) is 0 Å². The first-order valence-electron chi connectivity index (χ1n) is 8.33. The van der Waals surface area contributed by atoms with E-state index in [-0.39, 0.29) is 24.6 Å². The number of carbonyl (C=O) groups excluding carboxylic acids is 2. The van der Waals surface area contributed by atoms with Gasteiger partial charge in [-0.3, -0.25) is 9.59 Å². The zero-order valence-corrected chi connectivity index (χ0v) is 14.1. The first-order valence-corrected chi connectivity index (χ1v) is 8.33. The Bertz CT molecular complexity index is 903. The predicted molar refractivity (Wildman–Crippen MR) is 97.4 cm³/mol. The lowest BCUT2D eigenvalue weighted by molar-refractivity contribution is -0.143. The highest BCUT2D eigenvalue weighted by atomic mass is 16.5. The molecule has 0 amide bonds. The lowest BCUT2D eigenvalue weighted by Gasteiger charge is -2.09. The highest BCUT2D eigenvalue weighted by Crippen LogP contribution is 2.26. The number of esters is 1. The Morgan fingerprint density at radius 3 is 2.44 bits per heavy atom. The SMILES string of the molecule is CCOC(=O)CCC(=O)c1cc(-c2ccccc2)nc2ccccc12. The van der Waals surface area contributed by atoms with Crippen LogP contribution in [0.2, 0.25) is 0 Å². The molecule has 0 radical (unpaired) electrons. The van der Waals surface area contributed by atoms with Gasteiger partial charge in [0, 0.05) is 22.9 Å². The summed E-state index contributed by atoms with van der Waals surface area (Å²) in [5, 5.41) is 0.802. The average molecular weight is 333 g/mol. The second-order valence-corrected chi connectivity index (χ2v) is 5.67. The first kappa shape index (κ1) is 16.8. The normalized spacial score (nSPS) is 10.6.